The van der Waals surface area contributed by atoms with Gasteiger partial charge in [-0.2, -0.15) is 4.57 Å². The van der Waals surface area contributed by atoms with E-state index in [-0.39, 0.29) is 30.6 Å². The maximum absolute atomic E-state index is 13.8. The zero-order valence-electron chi connectivity index (χ0n) is 20.9. The van der Waals surface area contributed by atoms with Gasteiger partial charge in [-0.25, -0.2) is 0 Å². The monoisotopic (exact) mass is 519 g/mol. The maximum atomic E-state index is 13.8. The van der Waals surface area contributed by atoms with E-state index in [1.54, 1.807) is 7.11 Å². The fraction of sp³-hybridized carbons (Fsp3) is 0.467. The third kappa shape index (κ3) is 3.44. The van der Waals surface area contributed by atoms with E-state index in [2.05, 4.69) is 35.0 Å². The first-order valence-electron chi connectivity index (χ1n) is 13.3. The van der Waals surface area contributed by atoms with Crippen molar-refractivity contribution in [3.63, 3.8) is 0 Å². The molecule has 7 heteroatoms. The summed E-state index contributed by atoms with van der Waals surface area (Å²) in [6.45, 7) is 1.12. The van der Waals surface area contributed by atoms with E-state index >= 15 is 0 Å². The van der Waals surface area contributed by atoms with E-state index in [1.807, 2.05) is 6.07 Å². The molecule has 2 aliphatic heterocycles. The predicted octanol–water partition coefficient (Wildman–Crippen LogP) is 2.21. The zero-order valence-corrected chi connectivity index (χ0v) is 21.7. The summed E-state index contributed by atoms with van der Waals surface area (Å²) in [5, 5.41) is 1.95. The number of rotatable bonds is 3. The van der Waals surface area contributed by atoms with E-state index in [0.717, 1.165) is 65.8 Å². The number of hydrogen-bond acceptors (Lipinski definition) is 5. The summed E-state index contributed by atoms with van der Waals surface area (Å²) in [5.74, 6) is 4.82. The number of benzene rings is 2. The van der Waals surface area contributed by atoms with Gasteiger partial charge < -0.3 is 31.4 Å². The number of fused-ring (bicyclic) bond motifs is 5. The van der Waals surface area contributed by atoms with Crippen LogP contribution >= 0.6 is 0 Å². The minimum atomic E-state index is -0.315. The third-order valence-corrected chi connectivity index (χ3v) is 9.46. The van der Waals surface area contributed by atoms with Crippen LogP contribution in [0, 0.1) is 23.2 Å². The van der Waals surface area contributed by atoms with Crippen LogP contribution in [0.4, 0.5) is 0 Å². The predicted molar refractivity (Wildman–Crippen MR) is 132 cm³/mol. The van der Waals surface area contributed by atoms with Gasteiger partial charge in [0, 0.05) is 12.5 Å². The Labute approximate surface area is 222 Å². The van der Waals surface area contributed by atoms with Crippen LogP contribution in [-0.4, -0.2) is 19.9 Å². The van der Waals surface area contributed by atoms with Crippen LogP contribution in [0.1, 0.15) is 44.1 Å². The van der Waals surface area contributed by atoms with Gasteiger partial charge in [-0.3, -0.25) is 4.79 Å². The van der Waals surface area contributed by atoms with Gasteiger partial charge in [-0.05, 0) is 91.5 Å². The van der Waals surface area contributed by atoms with Crippen LogP contribution in [0.15, 0.2) is 36.5 Å². The van der Waals surface area contributed by atoms with E-state index < -0.39 is 0 Å². The Kier molecular flexibility index (Phi) is 5.17. The number of halogens is 1. The highest BCUT2D eigenvalue weighted by Gasteiger charge is 2.55. The lowest BCUT2D eigenvalue weighted by Gasteiger charge is -2.55. The highest BCUT2D eigenvalue weighted by Crippen LogP contribution is 2.60. The van der Waals surface area contributed by atoms with Crippen molar-refractivity contribution >= 4 is 16.7 Å². The Hall–Kier alpha value is -2.99. The lowest BCUT2D eigenvalue weighted by molar-refractivity contribution is -0.686. The summed E-state index contributed by atoms with van der Waals surface area (Å²) in [6, 6.07) is 10.4. The Bertz CT molecular complexity index is 1410. The number of aryl methyl sites for hydroxylation is 2. The zero-order chi connectivity index (χ0) is 24.0. The Morgan fingerprint density at radius 3 is 2.41 bits per heavy atom. The molecule has 4 aliphatic carbocycles. The number of ether oxygens (including phenoxy) is 4. The molecular formula is C30H30ClNO5. The molecule has 192 valence electrons. The highest BCUT2D eigenvalue weighted by molar-refractivity contribution is 5.94. The van der Waals surface area contributed by atoms with Crippen molar-refractivity contribution in [2.45, 2.75) is 51.5 Å². The molecule has 0 spiro atoms. The third-order valence-electron chi connectivity index (χ3n) is 9.46. The van der Waals surface area contributed by atoms with Crippen molar-refractivity contribution in [2.24, 2.45) is 23.2 Å². The summed E-state index contributed by atoms with van der Waals surface area (Å²) in [4.78, 5) is 13.8. The van der Waals surface area contributed by atoms with Crippen LogP contribution in [0.3, 0.4) is 0 Å². The normalized spacial score (nSPS) is 27.9. The molecule has 2 aromatic carbocycles. The number of pyridine rings is 1. The van der Waals surface area contributed by atoms with Crippen LogP contribution < -0.4 is 35.9 Å². The summed E-state index contributed by atoms with van der Waals surface area (Å²) < 4.78 is 25.6. The van der Waals surface area contributed by atoms with Crippen molar-refractivity contribution < 1.29 is 40.7 Å². The summed E-state index contributed by atoms with van der Waals surface area (Å²) in [7, 11) is 1.65. The molecule has 3 heterocycles. The lowest BCUT2D eigenvalue weighted by atomic mass is 9.49. The molecule has 6 aliphatic rings. The number of carbonyl (C=O) groups is 1. The minimum absolute atomic E-state index is 0. The maximum Gasteiger partial charge on any atom is 0.317 e. The molecule has 1 aromatic heterocycles. The molecular weight excluding hydrogens is 490 g/mol. The Balaban J connectivity index is 0.00000231. The van der Waals surface area contributed by atoms with Crippen LogP contribution in [-0.2, 0) is 17.8 Å². The number of hydrogen-bond donors (Lipinski definition) is 0. The Morgan fingerprint density at radius 1 is 1.00 bits per heavy atom. The minimum Gasteiger partial charge on any atom is -1.00 e. The topological polar surface area (TPSA) is 57.9 Å². The SMILES string of the molecule is COc1ccc2cc3[n+](cc2c1OC(=O)C12CC4CC(CC(C4)C1)C2)CCc1cc2c(cc1-3)OCO2.[Cl-]. The second-order valence-corrected chi connectivity index (χ2v) is 11.7. The first-order chi connectivity index (χ1) is 17.6. The molecule has 0 radical (unpaired) electrons. The molecule has 9 rings (SSSR count). The summed E-state index contributed by atoms with van der Waals surface area (Å²) in [5.41, 5.74) is 3.24. The molecule has 4 saturated carbocycles. The van der Waals surface area contributed by atoms with E-state index in [9.17, 15) is 4.79 Å². The van der Waals surface area contributed by atoms with Gasteiger partial charge in [0.15, 0.2) is 35.7 Å². The van der Waals surface area contributed by atoms with Gasteiger partial charge in [0.25, 0.3) is 0 Å². The van der Waals surface area contributed by atoms with E-state index in [4.69, 9.17) is 18.9 Å². The first-order valence-corrected chi connectivity index (χ1v) is 13.3. The number of methoxy groups -OCH3 is 1. The second-order valence-electron chi connectivity index (χ2n) is 11.7. The molecule has 3 aromatic rings. The largest absolute Gasteiger partial charge is 1.00 e. The smallest absolute Gasteiger partial charge is 0.317 e. The second kappa shape index (κ2) is 8.26. The average Bonchev–Trinajstić information content (AvgIpc) is 3.33. The molecule has 4 fully saturated rings. The van der Waals surface area contributed by atoms with Gasteiger partial charge in [-0.1, -0.05) is 0 Å². The summed E-state index contributed by atoms with van der Waals surface area (Å²) >= 11 is 0. The molecule has 4 bridgehead atoms. The number of esters is 1. The number of nitrogens with zero attached hydrogens (tertiary/aromatic N) is 1. The molecule has 0 N–H and O–H groups in total. The van der Waals surface area contributed by atoms with Gasteiger partial charge >= 0.3 is 5.97 Å². The van der Waals surface area contributed by atoms with E-state index in [1.165, 1.54) is 24.8 Å². The molecule has 0 atom stereocenters. The molecule has 0 saturated heterocycles. The Morgan fingerprint density at radius 2 is 1.70 bits per heavy atom. The number of carbonyl (C=O) groups excluding carboxylic acids is 1. The molecule has 0 unspecified atom stereocenters. The van der Waals surface area contributed by atoms with Crippen molar-refractivity contribution in [3.8, 4) is 34.3 Å². The molecule has 0 amide bonds. The van der Waals surface area contributed by atoms with Crippen molar-refractivity contribution in [1.82, 2.24) is 0 Å². The van der Waals surface area contributed by atoms with E-state index in [0.29, 0.717) is 29.3 Å². The summed E-state index contributed by atoms with van der Waals surface area (Å²) in [6.07, 6.45) is 9.90. The van der Waals surface area contributed by atoms with Crippen LogP contribution in [0.25, 0.3) is 22.0 Å². The average molecular weight is 520 g/mol. The molecule has 37 heavy (non-hydrogen) atoms. The van der Waals surface area contributed by atoms with Crippen LogP contribution in [0.5, 0.6) is 23.0 Å². The highest BCUT2D eigenvalue weighted by atomic mass is 35.5. The molecule has 6 nitrogen and oxygen atoms in total. The lowest BCUT2D eigenvalue weighted by Crippen LogP contribution is -3.00. The van der Waals surface area contributed by atoms with Gasteiger partial charge in [0.2, 0.25) is 12.5 Å². The number of aromatic nitrogens is 1. The fourth-order valence-electron chi connectivity index (χ4n) is 8.22. The standard InChI is InChI=1S/C30H30NO5.ClH/c1-33-25-3-2-20-9-24-22-11-27-26(34-16-35-27)10-21(22)4-5-31(24)15-23(20)28(25)36-29(32)30-12-17-6-18(13-30)8-19(7-17)14-30;/h2-3,9-11,15,17-19H,4-8,12-14,16H2,1H3;1H/q+1;/p-1. The van der Waals surface area contributed by atoms with Crippen LogP contribution in [0.2, 0.25) is 0 Å². The van der Waals surface area contributed by atoms with Gasteiger partial charge in [-0.15, -0.1) is 0 Å². The quantitative estimate of drug-likeness (QED) is 0.302. The van der Waals surface area contributed by atoms with Crippen molar-refractivity contribution in [3.05, 3.63) is 42.1 Å². The first kappa shape index (κ1) is 23.2. The van der Waals surface area contributed by atoms with Gasteiger partial charge in [0.1, 0.15) is 0 Å². The fourth-order valence-corrected chi connectivity index (χ4v) is 8.22. The van der Waals surface area contributed by atoms with Gasteiger partial charge in [0.05, 0.1) is 23.5 Å². The van der Waals surface area contributed by atoms with Crippen molar-refractivity contribution in [2.75, 3.05) is 13.9 Å². The van der Waals surface area contributed by atoms with Crippen molar-refractivity contribution in [1.29, 1.82) is 0 Å².